The lowest BCUT2D eigenvalue weighted by molar-refractivity contribution is 0.924. The number of aromatic nitrogens is 6. The summed E-state index contributed by atoms with van der Waals surface area (Å²) in [6.07, 6.45) is 3.97. The minimum absolute atomic E-state index is 0.829. The molecule has 0 saturated heterocycles. The molecule has 0 atom stereocenters. The van der Waals surface area contributed by atoms with E-state index in [-0.39, 0.29) is 0 Å². The van der Waals surface area contributed by atoms with Crippen molar-refractivity contribution in [3.8, 4) is 23.0 Å². The maximum atomic E-state index is 5.03. The summed E-state index contributed by atoms with van der Waals surface area (Å²) in [6.45, 7) is 8.65. The third-order valence-corrected chi connectivity index (χ3v) is 11.7. The molecule has 11 aromatic rings. The van der Waals surface area contributed by atoms with E-state index in [1.54, 1.807) is 0 Å². The highest BCUT2D eigenvalue weighted by Gasteiger charge is 2.23. The summed E-state index contributed by atoms with van der Waals surface area (Å²) in [5.41, 5.74) is 14.2. The molecule has 4 heterocycles. The van der Waals surface area contributed by atoms with Crippen LogP contribution in [0.5, 0.6) is 0 Å². The Morgan fingerprint density at radius 3 is 1.97 bits per heavy atom. The maximum absolute atomic E-state index is 5.03. The van der Waals surface area contributed by atoms with E-state index in [2.05, 4.69) is 204 Å². The molecule has 0 amide bonds. The molecule has 0 radical (unpaired) electrons. The van der Waals surface area contributed by atoms with Gasteiger partial charge < -0.3 is 4.90 Å². The number of rotatable bonds is 6. The van der Waals surface area contributed by atoms with Crippen molar-refractivity contribution in [2.24, 2.45) is 0 Å². The van der Waals surface area contributed by atoms with E-state index in [0.717, 1.165) is 84.0 Å². The minimum Gasteiger partial charge on any atom is -0.310 e. The SMILES string of the molecule is Cc1ccccc1-c1nnc2c3cc(N(c4ccccc4)c4ccc5c6ccccc6n(-c6nccn6-c6c(C)cccc6C)c5c4)ccc3c3c(C)cccc3n12. The summed E-state index contributed by atoms with van der Waals surface area (Å²) in [5, 5.41) is 15.5. The van der Waals surface area contributed by atoms with Gasteiger partial charge in [-0.1, -0.05) is 103 Å². The molecule has 0 aliphatic heterocycles. The Bertz CT molecular complexity index is 3380. The number of hydrogen-bond donors (Lipinski definition) is 0. The van der Waals surface area contributed by atoms with Gasteiger partial charge in [0, 0.05) is 56.6 Å². The number of para-hydroxylation sites is 3. The van der Waals surface area contributed by atoms with E-state index in [1.165, 1.54) is 27.5 Å². The number of benzene rings is 7. The minimum atomic E-state index is 0.829. The lowest BCUT2D eigenvalue weighted by atomic mass is 10.0. The zero-order valence-electron chi connectivity index (χ0n) is 32.7. The van der Waals surface area contributed by atoms with Gasteiger partial charge >= 0.3 is 0 Å². The molecule has 0 bridgehead atoms. The lowest BCUT2D eigenvalue weighted by Gasteiger charge is -2.26. The zero-order valence-corrected chi connectivity index (χ0v) is 32.7. The molecular formula is C51H39N7. The summed E-state index contributed by atoms with van der Waals surface area (Å²) in [6, 6.07) is 54.2. The quantitative estimate of drug-likeness (QED) is 0.159. The monoisotopic (exact) mass is 749 g/mol. The van der Waals surface area contributed by atoms with E-state index >= 15 is 0 Å². The molecule has 0 fully saturated rings. The number of fused-ring (bicyclic) bond motifs is 9. The van der Waals surface area contributed by atoms with Crippen molar-refractivity contribution in [2.75, 3.05) is 4.90 Å². The topological polar surface area (TPSA) is 56.2 Å². The van der Waals surface area contributed by atoms with Crippen LogP contribution in [0.15, 0.2) is 164 Å². The second-order valence-corrected chi connectivity index (χ2v) is 15.3. The van der Waals surface area contributed by atoms with Crippen molar-refractivity contribution in [1.82, 2.24) is 28.7 Å². The predicted molar refractivity (Wildman–Crippen MR) is 239 cm³/mol. The summed E-state index contributed by atoms with van der Waals surface area (Å²) in [5.74, 6) is 1.69. The molecule has 278 valence electrons. The molecule has 4 aromatic heterocycles. The van der Waals surface area contributed by atoms with Crippen LogP contribution in [0.4, 0.5) is 17.1 Å². The molecule has 0 N–H and O–H groups in total. The normalized spacial score (nSPS) is 11.8. The molecule has 0 unspecified atom stereocenters. The first-order valence-corrected chi connectivity index (χ1v) is 19.7. The van der Waals surface area contributed by atoms with Crippen LogP contribution in [0.1, 0.15) is 22.3 Å². The standard InChI is InChI=1S/C51H39N7/c1-32-14-8-9-20-39(32)49-53-54-50-43-30-37(25-27-42(43)47-33(2)15-13-23-45(47)58(49)50)56(36-18-6-5-7-19-36)38-24-26-41-40-21-10-11-22-44(40)57(46(41)31-38)51-52-28-29-55(51)48-34(3)16-12-17-35(48)4/h5-31H,1-4H3. The van der Waals surface area contributed by atoms with E-state index < -0.39 is 0 Å². The summed E-state index contributed by atoms with van der Waals surface area (Å²) >= 11 is 0. The van der Waals surface area contributed by atoms with Gasteiger partial charge in [0.2, 0.25) is 5.95 Å². The highest BCUT2D eigenvalue weighted by Crippen LogP contribution is 2.42. The van der Waals surface area contributed by atoms with Gasteiger partial charge in [-0.3, -0.25) is 13.5 Å². The average Bonchev–Trinajstić information content (AvgIpc) is 3.98. The number of pyridine rings is 1. The van der Waals surface area contributed by atoms with Crippen LogP contribution >= 0.6 is 0 Å². The van der Waals surface area contributed by atoms with Crippen LogP contribution in [-0.2, 0) is 0 Å². The maximum Gasteiger partial charge on any atom is 0.219 e. The van der Waals surface area contributed by atoms with Gasteiger partial charge in [-0.2, -0.15) is 0 Å². The van der Waals surface area contributed by atoms with Crippen molar-refractivity contribution >= 4 is 66.2 Å². The Morgan fingerprint density at radius 1 is 0.483 bits per heavy atom. The molecule has 0 spiro atoms. The number of hydrogen-bond acceptors (Lipinski definition) is 4. The average molecular weight is 750 g/mol. The van der Waals surface area contributed by atoms with Crippen molar-refractivity contribution in [3.63, 3.8) is 0 Å². The first-order valence-electron chi connectivity index (χ1n) is 19.7. The van der Waals surface area contributed by atoms with Gasteiger partial charge in [0.05, 0.1) is 22.2 Å². The van der Waals surface area contributed by atoms with Gasteiger partial charge in [-0.15, -0.1) is 10.2 Å². The zero-order chi connectivity index (χ0) is 39.1. The second-order valence-electron chi connectivity index (χ2n) is 15.3. The van der Waals surface area contributed by atoms with E-state index in [0.29, 0.717) is 0 Å². The molecular weight excluding hydrogens is 711 g/mol. The van der Waals surface area contributed by atoms with Gasteiger partial charge in [0.15, 0.2) is 11.5 Å². The highest BCUT2D eigenvalue weighted by molar-refractivity contribution is 6.15. The molecule has 0 aliphatic rings. The first-order chi connectivity index (χ1) is 28.5. The summed E-state index contributed by atoms with van der Waals surface area (Å²) in [7, 11) is 0. The molecule has 11 rings (SSSR count). The van der Waals surface area contributed by atoms with Crippen molar-refractivity contribution in [3.05, 3.63) is 186 Å². The van der Waals surface area contributed by atoms with Crippen LogP contribution in [0, 0.1) is 27.7 Å². The fourth-order valence-corrected chi connectivity index (χ4v) is 9.11. The molecule has 0 saturated carbocycles. The number of aryl methyl sites for hydroxylation is 4. The highest BCUT2D eigenvalue weighted by atomic mass is 15.3. The van der Waals surface area contributed by atoms with Gasteiger partial charge in [-0.25, -0.2) is 4.98 Å². The van der Waals surface area contributed by atoms with Gasteiger partial charge in [-0.05, 0) is 104 Å². The van der Waals surface area contributed by atoms with Gasteiger partial charge in [0.1, 0.15) is 0 Å². The van der Waals surface area contributed by atoms with Crippen LogP contribution in [0.3, 0.4) is 0 Å². The molecule has 0 aliphatic carbocycles. The third-order valence-electron chi connectivity index (χ3n) is 11.7. The Kier molecular flexibility index (Phi) is 7.59. The Balaban J connectivity index is 1.17. The number of nitrogens with zero attached hydrogens (tertiary/aromatic N) is 7. The lowest BCUT2D eigenvalue weighted by Crippen LogP contribution is -2.11. The van der Waals surface area contributed by atoms with Crippen LogP contribution in [-0.4, -0.2) is 28.7 Å². The largest absolute Gasteiger partial charge is 0.310 e. The fourth-order valence-electron chi connectivity index (χ4n) is 9.11. The van der Waals surface area contributed by atoms with Crippen molar-refractivity contribution in [2.45, 2.75) is 27.7 Å². The summed E-state index contributed by atoms with van der Waals surface area (Å²) < 4.78 is 6.78. The molecule has 58 heavy (non-hydrogen) atoms. The van der Waals surface area contributed by atoms with Crippen LogP contribution < -0.4 is 4.90 Å². The van der Waals surface area contributed by atoms with Crippen molar-refractivity contribution < 1.29 is 0 Å². The Morgan fingerprint density at radius 2 is 1.14 bits per heavy atom. The predicted octanol–water partition coefficient (Wildman–Crippen LogP) is 12.7. The third kappa shape index (κ3) is 5.03. The Labute approximate surface area is 335 Å². The van der Waals surface area contributed by atoms with E-state index in [1.807, 2.05) is 6.20 Å². The first kappa shape index (κ1) is 33.8. The van der Waals surface area contributed by atoms with Gasteiger partial charge in [0.25, 0.3) is 0 Å². The van der Waals surface area contributed by atoms with Crippen molar-refractivity contribution in [1.29, 1.82) is 0 Å². The smallest absolute Gasteiger partial charge is 0.219 e. The van der Waals surface area contributed by atoms with Crippen LogP contribution in [0.2, 0.25) is 0 Å². The fraction of sp³-hybridized carbons (Fsp3) is 0.0784. The van der Waals surface area contributed by atoms with E-state index in [4.69, 9.17) is 15.2 Å². The number of anilines is 3. The molecule has 7 heteroatoms. The van der Waals surface area contributed by atoms with Crippen LogP contribution in [0.25, 0.3) is 72.2 Å². The molecule has 7 nitrogen and oxygen atoms in total. The Hall–Kier alpha value is -7.51. The molecule has 7 aromatic carbocycles. The van der Waals surface area contributed by atoms with E-state index in [9.17, 15) is 0 Å². The summed E-state index contributed by atoms with van der Waals surface area (Å²) in [4.78, 5) is 7.37. The number of imidazole rings is 1. The second kappa shape index (κ2) is 13.0.